The van der Waals surface area contributed by atoms with Crippen LogP contribution in [0.5, 0.6) is 0 Å². The first kappa shape index (κ1) is 15.5. The Hall–Kier alpha value is -2.01. The molecule has 1 N–H and O–H groups in total. The normalized spacial score (nSPS) is 19.7. The standard InChI is InChI=1S/C19H19F3N2/c20-19(21,22)13-7-8-18-16(12-13)15-5-1-2-6-17(15)24(18)14-4-3-10-23-11-9-14/h1-2,5-8,12,14,23H,3-4,9-11H2/t14-/m1/s1. The number of nitrogens with one attached hydrogen (secondary N) is 1. The summed E-state index contributed by atoms with van der Waals surface area (Å²) in [7, 11) is 0. The topological polar surface area (TPSA) is 17.0 Å². The van der Waals surface area contributed by atoms with Gasteiger partial charge in [-0.2, -0.15) is 13.2 Å². The van der Waals surface area contributed by atoms with Crippen LogP contribution in [-0.4, -0.2) is 17.7 Å². The number of benzene rings is 2. The van der Waals surface area contributed by atoms with Crippen molar-refractivity contribution in [3.63, 3.8) is 0 Å². The van der Waals surface area contributed by atoms with E-state index >= 15 is 0 Å². The molecule has 126 valence electrons. The van der Waals surface area contributed by atoms with E-state index in [0.717, 1.165) is 48.8 Å². The molecule has 1 aliphatic heterocycles. The SMILES string of the molecule is FC(F)(F)c1ccc2c(c1)c1ccccc1n2[C@@H]1CCCNCC1. The first-order chi connectivity index (χ1) is 11.6. The third kappa shape index (κ3) is 2.57. The minimum absolute atomic E-state index is 0.319. The van der Waals surface area contributed by atoms with Gasteiger partial charge in [-0.3, -0.25) is 0 Å². The number of para-hydroxylation sites is 1. The highest BCUT2D eigenvalue weighted by atomic mass is 19.4. The summed E-state index contributed by atoms with van der Waals surface area (Å²) in [6.45, 7) is 1.95. The van der Waals surface area contributed by atoms with Crippen LogP contribution in [0.4, 0.5) is 13.2 Å². The molecule has 1 aromatic heterocycles. The van der Waals surface area contributed by atoms with Crippen molar-refractivity contribution in [3.8, 4) is 0 Å². The summed E-state index contributed by atoms with van der Waals surface area (Å²) in [4.78, 5) is 0. The van der Waals surface area contributed by atoms with E-state index in [1.165, 1.54) is 12.1 Å². The molecule has 4 rings (SSSR count). The van der Waals surface area contributed by atoms with Crippen LogP contribution in [-0.2, 0) is 6.18 Å². The number of hydrogen-bond acceptors (Lipinski definition) is 1. The summed E-state index contributed by atoms with van der Waals surface area (Å²) in [5.74, 6) is 0. The average molecular weight is 332 g/mol. The third-order valence-corrected chi connectivity index (χ3v) is 4.95. The largest absolute Gasteiger partial charge is 0.416 e. The molecule has 3 aromatic rings. The zero-order valence-electron chi connectivity index (χ0n) is 13.2. The van der Waals surface area contributed by atoms with Gasteiger partial charge < -0.3 is 9.88 Å². The average Bonchev–Trinajstić information content (AvgIpc) is 2.71. The highest BCUT2D eigenvalue weighted by Gasteiger charge is 2.31. The van der Waals surface area contributed by atoms with Gasteiger partial charge in [-0.1, -0.05) is 18.2 Å². The molecule has 2 nitrogen and oxygen atoms in total. The van der Waals surface area contributed by atoms with Crippen molar-refractivity contribution in [3.05, 3.63) is 48.0 Å². The zero-order valence-corrected chi connectivity index (χ0v) is 13.2. The molecule has 5 heteroatoms. The molecule has 1 atom stereocenters. The summed E-state index contributed by atoms with van der Waals surface area (Å²) in [5, 5.41) is 4.99. The minimum atomic E-state index is -4.32. The van der Waals surface area contributed by atoms with Gasteiger partial charge in [-0.05, 0) is 56.6 Å². The Morgan fingerprint density at radius 1 is 0.917 bits per heavy atom. The van der Waals surface area contributed by atoms with Gasteiger partial charge >= 0.3 is 6.18 Å². The van der Waals surface area contributed by atoms with Crippen LogP contribution in [0.15, 0.2) is 42.5 Å². The number of hydrogen-bond donors (Lipinski definition) is 1. The number of nitrogens with zero attached hydrogens (tertiary/aromatic N) is 1. The highest BCUT2D eigenvalue weighted by Crippen LogP contribution is 2.38. The Morgan fingerprint density at radius 3 is 2.54 bits per heavy atom. The summed E-state index contributed by atoms with van der Waals surface area (Å²) in [6.07, 6.45) is -1.19. The molecule has 2 heterocycles. The lowest BCUT2D eigenvalue weighted by Gasteiger charge is -2.19. The van der Waals surface area contributed by atoms with Gasteiger partial charge in [0.15, 0.2) is 0 Å². The first-order valence-corrected chi connectivity index (χ1v) is 8.36. The van der Waals surface area contributed by atoms with Crippen molar-refractivity contribution in [2.45, 2.75) is 31.5 Å². The maximum absolute atomic E-state index is 13.1. The van der Waals surface area contributed by atoms with Crippen molar-refractivity contribution < 1.29 is 13.2 Å². The molecule has 0 spiro atoms. The fourth-order valence-electron chi connectivity index (χ4n) is 3.83. The lowest BCUT2D eigenvalue weighted by atomic mass is 10.1. The van der Waals surface area contributed by atoms with E-state index in [0.29, 0.717) is 11.4 Å². The lowest BCUT2D eigenvalue weighted by Crippen LogP contribution is -2.15. The minimum Gasteiger partial charge on any atom is -0.337 e. The van der Waals surface area contributed by atoms with Gasteiger partial charge in [-0.15, -0.1) is 0 Å². The fraction of sp³-hybridized carbons (Fsp3) is 0.368. The van der Waals surface area contributed by atoms with Crippen LogP contribution >= 0.6 is 0 Å². The van der Waals surface area contributed by atoms with E-state index in [4.69, 9.17) is 0 Å². The van der Waals surface area contributed by atoms with Gasteiger partial charge in [0, 0.05) is 27.8 Å². The molecule has 0 unspecified atom stereocenters. The molecular formula is C19H19F3N2. The Bertz CT molecular complexity index is 871. The van der Waals surface area contributed by atoms with E-state index in [1.54, 1.807) is 6.07 Å². The smallest absolute Gasteiger partial charge is 0.337 e. The van der Waals surface area contributed by atoms with Crippen LogP contribution in [0.2, 0.25) is 0 Å². The number of aromatic nitrogens is 1. The van der Waals surface area contributed by atoms with Crippen molar-refractivity contribution >= 4 is 21.8 Å². The van der Waals surface area contributed by atoms with E-state index < -0.39 is 11.7 Å². The summed E-state index contributed by atoms with van der Waals surface area (Å²) in [5.41, 5.74) is 1.34. The predicted octanol–water partition coefficient (Wildman–Crippen LogP) is 5.13. The van der Waals surface area contributed by atoms with E-state index in [1.807, 2.05) is 24.3 Å². The van der Waals surface area contributed by atoms with Crippen molar-refractivity contribution in [1.29, 1.82) is 0 Å². The molecule has 1 saturated heterocycles. The van der Waals surface area contributed by atoms with E-state index in [9.17, 15) is 13.2 Å². The molecule has 0 amide bonds. The maximum Gasteiger partial charge on any atom is 0.416 e. The number of fused-ring (bicyclic) bond motifs is 3. The number of halogens is 3. The molecule has 2 aromatic carbocycles. The van der Waals surface area contributed by atoms with Crippen LogP contribution in [0.3, 0.4) is 0 Å². The molecule has 1 aliphatic rings. The molecule has 24 heavy (non-hydrogen) atoms. The highest BCUT2D eigenvalue weighted by molar-refractivity contribution is 6.08. The fourth-order valence-corrected chi connectivity index (χ4v) is 3.83. The first-order valence-electron chi connectivity index (χ1n) is 8.36. The van der Waals surface area contributed by atoms with Gasteiger partial charge in [0.2, 0.25) is 0 Å². The van der Waals surface area contributed by atoms with Crippen molar-refractivity contribution in [2.24, 2.45) is 0 Å². The second-order valence-electron chi connectivity index (χ2n) is 6.45. The van der Waals surface area contributed by atoms with E-state index in [2.05, 4.69) is 9.88 Å². The third-order valence-electron chi connectivity index (χ3n) is 4.95. The number of alkyl halides is 3. The number of rotatable bonds is 1. The molecule has 0 aliphatic carbocycles. The molecule has 0 saturated carbocycles. The second-order valence-corrected chi connectivity index (χ2v) is 6.45. The van der Waals surface area contributed by atoms with Gasteiger partial charge in [0.25, 0.3) is 0 Å². The van der Waals surface area contributed by atoms with Crippen molar-refractivity contribution in [1.82, 2.24) is 9.88 Å². The Kier molecular flexibility index (Phi) is 3.76. The summed E-state index contributed by atoms with van der Waals surface area (Å²) in [6, 6.07) is 12.2. The quantitative estimate of drug-likeness (QED) is 0.654. The monoisotopic (exact) mass is 332 g/mol. The van der Waals surface area contributed by atoms with Crippen LogP contribution in [0.25, 0.3) is 21.8 Å². The van der Waals surface area contributed by atoms with Gasteiger partial charge in [0.1, 0.15) is 0 Å². The summed E-state index contributed by atoms with van der Waals surface area (Å²) >= 11 is 0. The van der Waals surface area contributed by atoms with E-state index in [-0.39, 0.29) is 0 Å². The maximum atomic E-state index is 13.1. The Morgan fingerprint density at radius 2 is 1.71 bits per heavy atom. The van der Waals surface area contributed by atoms with Crippen LogP contribution < -0.4 is 5.32 Å². The molecular weight excluding hydrogens is 313 g/mol. The molecule has 1 fully saturated rings. The van der Waals surface area contributed by atoms with Crippen LogP contribution in [0.1, 0.15) is 30.9 Å². The molecule has 0 bridgehead atoms. The van der Waals surface area contributed by atoms with Gasteiger partial charge in [-0.25, -0.2) is 0 Å². The lowest BCUT2D eigenvalue weighted by molar-refractivity contribution is -0.137. The Balaban J connectivity index is 1.97. The molecule has 0 radical (unpaired) electrons. The Labute approximate surface area is 138 Å². The van der Waals surface area contributed by atoms with Crippen LogP contribution in [0, 0.1) is 0 Å². The van der Waals surface area contributed by atoms with Gasteiger partial charge in [0.05, 0.1) is 5.56 Å². The summed E-state index contributed by atoms with van der Waals surface area (Å²) < 4.78 is 41.6. The zero-order chi connectivity index (χ0) is 16.7. The van der Waals surface area contributed by atoms with Crippen molar-refractivity contribution in [2.75, 3.05) is 13.1 Å². The second kappa shape index (κ2) is 5.81. The predicted molar refractivity (Wildman–Crippen MR) is 90.2 cm³/mol.